The minimum atomic E-state index is 0.668. The highest BCUT2D eigenvalue weighted by Crippen LogP contribution is 2.31. The molecule has 5 heteroatoms. The number of aromatic amines is 1. The number of nitrogens with zero attached hydrogens (tertiary/aromatic N) is 3. The Morgan fingerprint density at radius 1 is 1.24 bits per heavy atom. The van der Waals surface area contributed by atoms with Crippen molar-refractivity contribution in [3.8, 4) is 0 Å². The Labute approximate surface area is 123 Å². The molecule has 108 valence electrons. The van der Waals surface area contributed by atoms with Crippen LogP contribution >= 0.6 is 0 Å². The number of hydrogen-bond donors (Lipinski definition) is 2. The fourth-order valence-corrected chi connectivity index (χ4v) is 3.26. The summed E-state index contributed by atoms with van der Waals surface area (Å²) in [6, 6.07) is 6.63. The Morgan fingerprint density at radius 2 is 2.14 bits per heavy atom. The molecule has 0 aliphatic carbocycles. The Bertz CT molecular complexity index is 722. The Balaban J connectivity index is 1.68. The third-order valence-corrected chi connectivity index (χ3v) is 4.37. The Kier molecular flexibility index (Phi) is 3.20. The molecular formula is C16H19N5. The zero-order valence-corrected chi connectivity index (χ0v) is 11.9. The van der Waals surface area contributed by atoms with Crippen LogP contribution in [0, 0.1) is 0 Å². The highest BCUT2D eigenvalue weighted by Gasteiger charge is 2.18. The first-order valence-corrected chi connectivity index (χ1v) is 7.53. The summed E-state index contributed by atoms with van der Waals surface area (Å²) >= 11 is 0. The molecule has 0 saturated carbocycles. The van der Waals surface area contributed by atoms with Gasteiger partial charge in [-0.1, -0.05) is 6.07 Å². The second-order valence-electron chi connectivity index (χ2n) is 5.74. The average molecular weight is 281 g/mol. The van der Waals surface area contributed by atoms with Crippen LogP contribution in [0.1, 0.15) is 29.9 Å². The van der Waals surface area contributed by atoms with Gasteiger partial charge in [0.15, 0.2) is 0 Å². The van der Waals surface area contributed by atoms with Gasteiger partial charge in [0.1, 0.15) is 12.7 Å². The number of H-pyrrole nitrogens is 1. The summed E-state index contributed by atoms with van der Waals surface area (Å²) in [4.78, 5) is 7.42. The van der Waals surface area contributed by atoms with E-state index in [0.717, 1.165) is 19.6 Å². The fourth-order valence-electron chi connectivity index (χ4n) is 3.26. The SMILES string of the molecule is c1ncn(Cc2ccc3[nH]cc(C4CCNCC4)c3c2)n1. The van der Waals surface area contributed by atoms with Crippen molar-refractivity contribution >= 4 is 10.9 Å². The second kappa shape index (κ2) is 5.33. The fraction of sp³-hybridized carbons (Fsp3) is 0.375. The summed E-state index contributed by atoms with van der Waals surface area (Å²) in [6.45, 7) is 3.01. The van der Waals surface area contributed by atoms with Crippen molar-refractivity contribution in [2.75, 3.05) is 13.1 Å². The van der Waals surface area contributed by atoms with Gasteiger partial charge in [0.2, 0.25) is 0 Å². The van der Waals surface area contributed by atoms with E-state index >= 15 is 0 Å². The number of aromatic nitrogens is 4. The molecule has 0 radical (unpaired) electrons. The summed E-state index contributed by atoms with van der Waals surface area (Å²) in [5.74, 6) is 0.668. The molecule has 2 aromatic heterocycles. The van der Waals surface area contributed by atoms with Gasteiger partial charge >= 0.3 is 0 Å². The molecular weight excluding hydrogens is 262 g/mol. The van der Waals surface area contributed by atoms with Gasteiger partial charge < -0.3 is 10.3 Å². The first kappa shape index (κ1) is 12.6. The molecule has 0 amide bonds. The molecule has 5 nitrogen and oxygen atoms in total. The normalized spacial score (nSPS) is 16.6. The third-order valence-electron chi connectivity index (χ3n) is 4.37. The summed E-state index contributed by atoms with van der Waals surface area (Å²) in [5.41, 5.74) is 3.96. The van der Waals surface area contributed by atoms with E-state index in [4.69, 9.17) is 0 Å². The molecule has 0 spiro atoms. The van der Waals surface area contributed by atoms with Gasteiger partial charge in [-0.25, -0.2) is 9.67 Å². The van der Waals surface area contributed by atoms with Gasteiger partial charge in [-0.3, -0.25) is 0 Å². The predicted molar refractivity (Wildman–Crippen MR) is 82.3 cm³/mol. The minimum Gasteiger partial charge on any atom is -0.361 e. The second-order valence-corrected chi connectivity index (χ2v) is 5.74. The van der Waals surface area contributed by atoms with E-state index in [-0.39, 0.29) is 0 Å². The van der Waals surface area contributed by atoms with Gasteiger partial charge in [-0.05, 0) is 55.1 Å². The lowest BCUT2D eigenvalue weighted by Crippen LogP contribution is -2.26. The molecule has 0 atom stereocenters. The van der Waals surface area contributed by atoms with Gasteiger partial charge in [-0.2, -0.15) is 5.10 Å². The van der Waals surface area contributed by atoms with E-state index in [2.05, 4.69) is 44.8 Å². The first-order valence-electron chi connectivity index (χ1n) is 7.53. The largest absolute Gasteiger partial charge is 0.361 e. The van der Waals surface area contributed by atoms with Crippen LogP contribution in [0.15, 0.2) is 37.1 Å². The van der Waals surface area contributed by atoms with Crippen LogP contribution in [0.2, 0.25) is 0 Å². The van der Waals surface area contributed by atoms with Crippen molar-refractivity contribution in [1.82, 2.24) is 25.1 Å². The molecule has 21 heavy (non-hydrogen) atoms. The van der Waals surface area contributed by atoms with Crippen LogP contribution in [0.5, 0.6) is 0 Å². The van der Waals surface area contributed by atoms with Crippen molar-refractivity contribution < 1.29 is 0 Å². The van der Waals surface area contributed by atoms with E-state index < -0.39 is 0 Å². The predicted octanol–water partition coefficient (Wildman–Crippen LogP) is 2.27. The van der Waals surface area contributed by atoms with Crippen molar-refractivity contribution in [3.63, 3.8) is 0 Å². The number of hydrogen-bond acceptors (Lipinski definition) is 3. The molecule has 1 aliphatic rings. The summed E-state index contributed by atoms with van der Waals surface area (Å²) in [7, 11) is 0. The van der Waals surface area contributed by atoms with E-state index in [1.807, 2.05) is 4.68 Å². The summed E-state index contributed by atoms with van der Waals surface area (Å²) in [5, 5.41) is 8.98. The molecule has 0 unspecified atom stereocenters. The highest BCUT2D eigenvalue weighted by atomic mass is 15.3. The van der Waals surface area contributed by atoms with E-state index in [1.165, 1.54) is 34.9 Å². The Hall–Kier alpha value is -2.14. The van der Waals surface area contributed by atoms with Crippen LogP contribution in [0.4, 0.5) is 0 Å². The van der Waals surface area contributed by atoms with Crippen LogP contribution in [0.25, 0.3) is 10.9 Å². The molecule has 1 aliphatic heterocycles. The van der Waals surface area contributed by atoms with Crippen molar-refractivity contribution in [1.29, 1.82) is 0 Å². The average Bonchev–Trinajstić information content (AvgIpc) is 3.17. The maximum Gasteiger partial charge on any atom is 0.137 e. The number of rotatable bonds is 3. The van der Waals surface area contributed by atoms with E-state index in [9.17, 15) is 0 Å². The molecule has 1 fully saturated rings. The number of piperidine rings is 1. The van der Waals surface area contributed by atoms with Crippen LogP contribution in [-0.2, 0) is 6.54 Å². The lowest BCUT2D eigenvalue weighted by Gasteiger charge is -2.22. The standard InChI is InChI=1S/C16H19N5/c1-2-16-14(7-12(1)9-21-11-18-10-20-21)15(8-19-16)13-3-5-17-6-4-13/h1-2,7-8,10-11,13,17,19H,3-6,9H2. The van der Waals surface area contributed by atoms with Crippen molar-refractivity contribution in [2.24, 2.45) is 0 Å². The minimum absolute atomic E-state index is 0.668. The zero-order chi connectivity index (χ0) is 14.1. The first-order chi connectivity index (χ1) is 10.4. The van der Waals surface area contributed by atoms with Crippen LogP contribution < -0.4 is 5.32 Å². The molecule has 1 aromatic carbocycles. The van der Waals surface area contributed by atoms with E-state index in [0.29, 0.717) is 5.92 Å². The quantitative estimate of drug-likeness (QED) is 0.774. The monoisotopic (exact) mass is 281 g/mol. The molecule has 3 aromatic rings. The van der Waals surface area contributed by atoms with Crippen molar-refractivity contribution in [3.05, 3.63) is 48.2 Å². The number of fused-ring (bicyclic) bond motifs is 1. The topological polar surface area (TPSA) is 58.5 Å². The molecule has 4 rings (SSSR count). The summed E-state index contributed by atoms with van der Waals surface area (Å²) in [6.07, 6.45) is 7.98. The number of benzene rings is 1. The molecule has 2 N–H and O–H groups in total. The smallest absolute Gasteiger partial charge is 0.137 e. The lowest BCUT2D eigenvalue weighted by atomic mass is 9.90. The van der Waals surface area contributed by atoms with Gasteiger partial charge in [0.25, 0.3) is 0 Å². The maximum atomic E-state index is 4.18. The van der Waals surface area contributed by atoms with E-state index in [1.54, 1.807) is 12.7 Å². The zero-order valence-electron chi connectivity index (χ0n) is 11.9. The molecule has 3 heterocycles. The van der Waals surface area contributed by atoms with Crippen LogP contribution in [-0.4, -0.2) is 32.8 Å². The lowest BCUT2D eigenvalue weighted by molar-refractivity contribution is 0.462. The molecule has 0 bridgehead atoms. The Morgan fingerprint density at radius 3 is 2.95 bits per heavy atom. The third kappa shape index (κ3) is 2.45. The van der Waals surface area contributed by atoms with Crippen LogP contribution in [0.3, 0.4) is 0 Å². The number of nitrogens with one attached hydrogen (secondary N) is 2. The molecule has 1 saturated heterocycles. The summed E-state index contributed by atoms with van der Waals surface area (Å²) < 4.78 is 1.86. The van der Waals surface area contributed by atoms with Gasteiger partial charge in [-0.15, -0.1) is 0 Å². The maximum absolute atomic E-state index is 4.18. The van der Waals surface area contributed by atoms with Gasteiger partial charge in [0, 0.05) is 17.1 Å². The van der Waals surface area contributed by atoms with Crippen molar-refractivity contribution in [2.45, 2.75) is 25.3 Å². The highest BCUT2D eigenvalue weighted by molar-refractivity contribution is 5.84. The van der Waals surface area contributed by atoms with Gasteiger partial charge in [0.05, 0.1) is 6.54 Å².